The summed E-state index contributed by atoms with van der Waals surface area (Å²) in [6.45, 7) is -1.23. The number of carbonyl (C=O) groups is 1. The van der Waals surface area contributed by atoms with Gasteiger partial charge in [0.2, 0.25) is 0 Å². The first-order valence-corrected chi connectivity index (χ1v) is 8.46. The van der Waals surface area contributed by atoms with Crippen molar-refractivity contribution in [1.82, 2.24) is 0 Å². The van der Waals surface area contributed by atoms with Gasteiger partial charge in [-0.05, 0) is 6.42 Å². The van der Waals surface area contributed by atoms with Crippen molar-refractivity contribution in [3.8, 4) is 0 Å². The van der Waals surface area contributed by atoms with E-state index in [0.717, 1.165) is 19.3 Å². The lowest BCUT2D eigenvalue weighted by atomic mass is 10.1. The Balaban J connectivity index is 3.92. The van der Waals surface area contributed by atoms with Crippen molar-refractivity contribution in [2.45, 2.75) is 90.1 Å². The molecule has 0 aromatic heterocycles. The molecule has 0 spiro atoms. The van der Waals surface area contributed by atoms with E-state index in [4.69, 9.17) is 18.5 Å². The van der Waals surface area contributed by atoms with E-state index in [1.807, 2.05) is 0 Å². The third-order valence-electron chi connectivity index (χ3n) is 3.39. The van der Waals surface area contributed by atoms with E-state index >= 15 is 0 Å². The summed E-state index contributed by atoms with van der Waals surface area (Å²) in [4.78, 5) is 11.8. The highest BCUT2D eigenvalue weighted by atomic mass is 35.5. The quantitative estimate of drug-likeness (QED) is 0.266. The minimum Gasteiger partial charge on any atom is -0.459 e. The highest BCUT2D eigenvalue weighted by molar-refractivity contribution is 6.18. The molecule has 0 rings (SSSR count). The normalized spacial score (nSPS) is 18.7. The molecule has 3 nitrogen and oxygen atoms in total. The van der Waals surface area contributed by atoms with Crippen LogP contribution < -0.4 is 0 Å². The zero-order chi connectivity index (χ0) is 20.3. The van der Waals surface area contributed by atoms with Gasteiger partial charge in [0.15, 0.2) is 0 Å². The molecule has 4 heteroatoms. The number of hydrogen-bond donors (Lipinski definition) is 1. The van der Waals surface area contributed by atoms with Crippen molar-refractivity contribution in [2.75, 3.05) is 12.4 Å². The fourth-order valence-corrected chi connectivity index (χ4v) is 2.24. The first-order chi connectivity index (χ1) is 12.0. The number of rotatable bonds is 15. The van der Waals surface area contributed by atoms with E-state index in [0.29, 0.717) is 6.42 Å². The van der Waals surface area contributed by atoms with E-state index in [9.17, 15) is 9.90 Å². The van der Waals surface area contributed by atoms with Gasteiger partial charge in [0.05, 0.1) is 16.5 Å². The molecule has 21 heavy (non-hydrogen) atoms. The van der Waals surface area contributed by atoms with E-state index in [-0.39, 0.29) is 6.42 Å². The maximum absolute atomic E-state index is 11.8. The molecular weight excluding hydrogens is 288 g/mol. The Morgan fingerprint density at radius 1 is 1.10 bits per heavy atom. The van der Waals surface area contributed by atoms with Gasteiger partial charge in [0, 0.05) is 9.16 Å². The van der Waals surface area contributed by atoms with E-state index < -0.39 is 24.4 Å². The van der Waals surface area contributed by atoms with Crippen LogP contribution in [0.15, 0.2) is 0 Å². The zero-order valence-electron chi connectivity index (χ0n) is 18.1. The van der Waals surface area contributed by atoms with Crippen molar-refractivity contribution < 1.29 is 21.5 Å². The van der Waals surface area contributed by atoms with Crippen LogP contribution in [0.5, 0.6) is 0 Å². The number of hydrogen-bond acceptors (Lipinski definition) is 3. The smallest absolute Gasteiger partial charge is 0.306 e. The van der Waals surface area contributed by atoms with Gasteiger partial charge < -0.3 is 9.84 Å². The second-order valence-corrected chi connectivity index (χ2v) is 5.48. The predicted octanol–water partition coefficient (Wildman–Crippen LogP) is 4.83. The SMILES string of the molecule is [2H]C([2H])(O)C([2H])(OC(=O)CCCCCCCCCCCCC)C([2H])([2H])Cl. The maximum atomic E-state index is 11.8. The van der Waals surface area contributed by atoms with Crippen LogP contribution in [-0.4, -0.2) is 29.5 Å². The number of alkyl halides is 1. The summed E-state index contributed by atoms with van der Waals surface area (Å²) in [5, 5.41) is 9.33. The van der Waals surface area contributed by atoms with Gasteiger partial charge in [-0.2, -0.15) is 0 Å². The van der Waals surface area contributed by atoms with Crippen LogP contribution in [0.1, 0.15) is 90.8 Å². The molecule has 0 fully saturated rings. The standard InChI is InChI=1S/C17H33ClO3/c1-2-3-4-5-6-7-8-9-10-11-12-13-17(20)21-16(14-18)15-19/h16,19H,2-15H2,1H3/i14D2,15D2,16D. The molecule has 0 bridgehead atoms. The third-order valence-corrected chi connectivity index (χ3v) is 3.56. The fraction of sp³-hybridized carbons (Fsp3) is 0.941. The van der Waals surface area contributed by atoms with E-state index in [1.165, 1.54) is 44.9 Å². The lowest BCUT2D eigenvalue weighted by Gasteiger charge is -2.12. The summed E-state index contributed by atoms with van der Waals surface area (Å²) in [5.74, 6) is -4.02. The molecule has 1 unspecified atom stereocenters. The Labute approximate surface area is 142 Å². The molecule has 0 saturated heterocycles. The van der Waals surface area contributed by atoms with Gasteiger partial charge in [-0.1, -0.05) is 71.1 Å². The minimum absolute atomic E-state index is 0.0688. The van der Waals surface area contributed by atoms with Gasteiger partial charge in [-0.25, -0.2) is 0 Å². The Kier molecular flexibility index (Phi) is 10.1. The number of esters is 1. The monoisotopic (exact) mass is 325 g/mol. The van der Waals surface area contributed by atoms with Crippen LogP contribution in [0.25, 0.3) is 0 Å². The first kappa shape index (κ1) is 13.2. The summed E-state index contributed by atoms with van der Waals surface area (Å²) in [7, 11) is 0. The van der Waals surface area contributed by atoms with Crippen molar-refractivity contribution in [2.24, 2.45) is 0 Å². The zero-order valence-corrected chi connectivity index (χ0v) is 13.9. The van der Waals surface area contributed by atoms with Crippen molar-refractivity contribution in [1.29, 1.82) is 0 Å². The maximum Gasteiger partial charge on any atom is 0.306 e. The summed E-state index contributed by atoms with van der Waals surface area (Å²) < 4.78 is 41.0. The second-order valence-electron chi connectivity index (χ2n) is 5.30. The van der Waals surface area contributed by atoms with Crippen molar-refractivity contribution >= 4 is 17.6 Å². The highest BCUT2D eigenvalue weighted by Crippen LogP contribution is 2.12. The largest absolute Gasteiger partial charge is 0.459 e. The molecule has 1 atom stereocenters. The molecule has 0 aromatic carbocycles. The minimum atomic E-state index is -3.43. The number of aliphatic hydroxyl groups is 1. The molecular formula is C17H33ClO3. The predicted molar refractivity (Wildman–Crippen MR) is 88.8 cm³/mol. The fourth-order valence-electron chi connectivity index (χ4n) is 2.16. The average Bonchev–Trinajstić information content (AvgIpc) is 2.50. The van der Waals surface area contributed by atoms with Gasteiger partial charge in [-0.3, -0.25) is 4.79 Å². The van der Waals surface area contributed by atoms with Crippen LogP contribution in [-0.2, 0) is 9.53 Å². The second kappa shape index (κ2) is 16.1. The Bertz CT molecular complexity index is 383. The number of carbonyl (C=O) groups excluding carboxylic acids is 1. The van der Waals surface area contributed by atoms with Crippen LogP contribution in [0.4, 0.5) is 0 Å². The van der Waals surface area contributed by atoms with Gasteiger partial charge >= 0.3 is 5.97 Å². The number of halogens is 1. The third kappa shape index (κ3) is 14.4. The van der Waals surface area contributed by atoms with E-state index in [2.05, 4.69) is 11.7 Å². The lowest BCUT2D eigenvalue weighted by Crippen LogP contribution is -2.23. The summed E-state index contributed by atoms with van der Waals surface area (Å²) >= 11 is 5.31. The van der Waals surface area contributed by atoms with Crippen LogP contribution >= 0.6 is 11.6 Å². The first-order valence-electron chi connectivity index (χ1n) is 10.6. The molecule has 1 N–H and O–H groups in total. The lowest BCUT2D eigenvalue weighted by molar-refractivity contribution is -0.149. The summed E-state index contributed by atoms with van der Waals surface area (Å²) in [6, 6.07) is 0. The summed E-state index contributed by atoms with van der Waals surface area (Å²) in [5.41, 5.74) is 0. The average molecular weight is 326 g/mol. The van der Waals surface area contributed by atoms with Gasteiger partial charge in [0.25, 0.3) is 0 Å². The van der Waals surface area contributed by atoms with Gasteiger partial charge in [-0.15, -0.1) is 11.6 Å². The highest BCUT2D eigenvalue weighted by Gasteiger charge is 2.11. The molecule has 0 aliphatic rings. The summed E-state index contributed by atoms with van der Waals surface area (Å²) in [6.07, 6.45) is 8.90. The van der Waals surface area contributed by atoms with Crippen LogP contribution in [0, 0.1) is 0 Å². The molecule has 0 aromatic rings. The Morgan fingerprint density at radius 2 is 1.57 bits per heavy atom. The molecule has 0 saturated carbocycles. The molecule has 0 heterocycles. The van der Waals surface area contributed by atoms with Gasteiger partial charge in [0.1, 0.15) is 6.08 Å². The molecule has 126 valence electrons. The van der Waals surface area contributed by atoms with Crippen LogP contribution in [0.2, 0.25) is 0 Å². The Morgan fingerprint density at radius 3 is 2.00 bits per heavy atom. The number of unbranched alkanes of at least 4 members (excludes halogenated alkanes) is 10. The topological polar surface area (TPSA) is 46.5 Å². The number of ether oxygens (including phenoxy) is 1. The van der Waals surface area contributed by atoms with Crippen molar-refractivity contribution in [3.05, 3.63) is 0 Å². The molecule has 0 aliphatic heterocycles. The van der Waals surface area contributed by atoms with Crippen molar-refractivity contribution in [3.63, 3.8) is 0 Å². The molecule has 0 aliphatic carbocycles. The van der Waals surface area contributed by atoms with Crippen LogP contribution in [0.3, 0.4) is 0 Å². The van der Waals surface area contributed by atoms with E-state index in [1.54, 1.807) is 0 Å². The molecule has 0 radical (unpaired) electrons. The molecule has 0 amide bonds. The Hall–Kier alpha value is -0.280.